The van der Waals surface area contributed by atoms with E-state index in [2.05, 4.69) is 84.9 Å². The van der Waals surface area contributed by atoms with Crippen molar-refractivity contribution in [1.29, 1.82) is 0 Å². The van der Waals surface area contributed by atoms with Crippen molar-refractivity contribution in [3.05, 3.63) is 77.0 Å². The van der Waals surface area contributed by atoms with E-state index in [0.717, 1.165) is 37.1 Å². The molecule has 0 bridgehead atoms. The summed E-state index contributed by atoms with van der Waals surface area (Å²) in [5, 5.41) is 3.02. The number of hydrogen-bond donors (Lipinski definition) is 1. The van der Waals surface area contributed by atoms with Crippen LogP contribution in [0.2, 0.25) is 0 Å². The molecule has 0 saturated carbocycles. The minimum atomic E-state index is -0.0119. The molecule has 1 amide bonds. The van der Waals surface area contributed by atoms with Gasteiger partial charge >= 0.3 is 0 Å². The highest BCUT2D eigenvalue weighted by Gasteiger charge is 2.15. The first-order chi connectivity index (χ1) is 15.8. The molecular formula is C29H39N3O. The predicted octanol–water partition coefficient (Wildman–Crippen LogP) is 5.90. The minimum Gasteiger partial charge on any atom is -0.352 e. The van der Waals surface area contributed by atoms with Crippen molar-refractivity contribution in [3.8, 4) is 16.9 Å². The van der Waals surface area contributed by atoms with E-state index in [1.54, 1.807) is 0 Å². The summed E-state index contributed by atoms with van der Waals surface area (Å²) in [7, 11) is 4.09. The zero-order valence-electron chi connectivity index (χ0n) is 21.1. The van der Waals surface area contributed by atoms with Gasteiger partial charge in [-0.15, -0.1) is 0 Å². The first-order valence-electron chi connectivity index (χ1n) is 12.1. The summed E-state index contributed by atoms with van der Waals surface area (Å²) in [4.78, 5) is 14.6. The summed E-state index contributed by atoms with van der Waals surface area (Å²) in [6.07, 6.45) is 2.98. The van der Waals surface area contributed by atoms with Gasteiger partial charge in [0, 0.05) is 23.5 Å². The Morgan fingerprint density at radius 1 is 1.03 bits per heavy atom. The number of aromatic nitrogens is 1. The van der Waals surface area contributed by atoms with Crippen LogP contribution < -0.4 is 5.32 Å². The van der Waals surface area contributed by atoms with E-state index >= 15 is 0 Å². The molecule has 0 saturated heterocycles. The molecule has 0 spiro atoms. The first kappa shape index (κ1) is 24.8. The van der Waals surface area contributed by atoms with Crippen LogP contribution in [-0.4, -0.2) is 42.6 Å². The molecule has 2 aromatic carbocycles. The molecule has 4 heteroatoms. The topological polar surface area (TPSA) is 37.3 Å². The van der Waals surface area contributed by atoms with Crippen LogP contribution in [0.5, 0.6) is 0 Å². The summed E-state index contributed by atoms with van der Waals surface area (Å²) in [5.74, 6) is 0.610. The summed E-state index contributed by atoms with van der Waals surface area (Å²) >= 11 is 0. The van der Waals surface area contributed by atoms with Gasteiger partial charge in [0.25, 0.3) is 5.91 Å². The second-order valence-corrected chi connectivity index (χ2v) is 9.61. The maximum absolute atomic E-state index is 12.5. The van der Waals surface area contributed by atoms with Crippen LogP contribution in [0, 0.1) is 12.8 Å². The lowest BCUT2D eigenvalue weighted by Crippen LogP contribution is -2.27. The third kappa shape index (κ3) is 6.35. The average Bonchev–Trinajstić information content (AvgIpc) is 3.21. The van der Waals surface area contributed by atoms with Gasteiger partial charge in [0.2, 0.25) is 0 Å². The van der Waals surface area contributed by atoms with Crippen LogP contribution >= 0.6 is 0 Å². The Labute approximate surface area is 199 Å². The Morgan fingerprint density at radius 2 is 1.76 bits per heavy atom. The number of amides is 1. The van der Waals surface area contributed by atoms with Gasteiger partial charge < -0.3 is 14.8 Å². The fraction of sp³-hybridized carbons (Fsp3) is 0.414. The van der Waals surface area contributed by atoms with Gasteiger partial charge in [0.05, 0.1) is 5.69 Å². The molecule has 176 valence electrons. The quantitative estimate of drug-likeness (QED) is 0.395. The van der Waals surface area contributed by atoms with Gasteiger partial charge in [-0.25, -0.2) is 0 Å². The van der Waals surface area contributed by atoms with Crippen molar-refractivity contribution >= 4 is 5.91 Å². The molecular weight excluding hydrogens is 406 g/mol. The Bertz CT molecular complexity index is 1060. The van der Waals surface area contributed by atoms with Crippen LogP contribution in [0.15, 0.2) is 54.6 Å². The number of aryl methyl sites for hydroxylation is 2. The van der Waals surface area contributed by atoms with Gasteiger partial charge in [-0.1, -0.05) is 45.0 Å². The van der Waals surface area contributed by atoms with E-state index in [1.165, 1.54) is 22.5 Å². The molecule has 0 radical (unpaired) electrons. The molecule has 1 aromatic heterocycles. The number of benzene rings is 2. The molecule has 4 nitrogen and oxygen atoms in total. The number of carbonyl (C=O) groups excluding carboxylic acids is 1. The Kier molecular flexibility index (Phi) is 8.51. The Balaban J connectivity index is 1.87. The normalized spacial score (nSPS) is 11.4. The molecule has 0 aliphatic carbocycles. The van der Waals surface area contributed by atoms with Crippen LogP contribution in [0.4, 0.5) is 0 Å². The monoisotopic (exact) mass is 445 g/mol. The predicted molar refractivity (Wildman–Crippen MR) is 139 cm³/mol. The lowest BCUT2D eigenvalue weighted by molar-refractivity contribution is 0.0952. The van der Waals surface area contributed by atoms with Crippen LogP contribution in [0.1, 0.15) is 54.4 Å². The highest BCUT2D eigenvalue weighted by molar-refractivity contribution is 5.94. The standard InChI is InChI=1S/C29H39N3O/c1-7-26-15-16-27(32(26)28-20-23(19-21(2)3)10-9-22(28)4)24-11-13-25(14-12-24)29(33)30-17-8-18-31(5)6/h9-16,20-21H,7-8,17-19H2,1-6H3,(H,30,33). The van der Waals surface area contributed by atoms with E-state index < -0.39 is 0 Å². The lowest BCUT2D eigenvalue weighted by Gasteiger charge is -2.18. The Morgan fingerprint density at radius 3 is 2.39 bits per heavy atom. The second kappa shape index (κ2) is 11.3. The Hall–Kier alpha value is -2.85. The first-order valence-corrected chi connectivity index (χ1v) is 12.1. The van der Waals surface area contributed by atoms with E-state index in [1.807, 2.05) is 26.2 Å². The molecule has 33 heavy (non-hydrogen) atoms. The number of nitrogens with zero attached hydrogens (tertiary/aromatic N) is 2. The number of nitrogens with one attached hydrogen (secondary N) is 1. The number of rotatable bonds is 10. The van der Waals surface area contributed by atoms with Crippen molar-refractivity contribution < 1.29 is 4.79 Å². The van der Waals surface area contributed by atoms with Crippen LogP contribution in [-0.2, 0) is 12.8 Å². The van der Waals surface area contributed by atoms with Crippen molar-refractivity contribution in [2.24, 2.45) is 5.92 Å². The second-order valence-electron chi connectivity index (χ2n) is 9.61. The molecule has 3 aromatic rings. The van der Waals surface area contributed by atoms with Gasteiger partial charge in [-0.2, -0.15) is 0 Å². The van der Waals surface area contributed by atoms with Gasteiger partial charge in [-0.3, -0.25) is 4.79 Å². The highest BCUT2D eigenvalue weighted by Crippen LogP contribution is 2.30. The summed E-state index contributed by atoms with van der Waals surface area (Å²) in [6, 6.07) is 19.2. The van der Waals surface area contributed by atoms with Crippen LogP contribution in [0.3, 0.4) is 0 Å². The van der Waals surface area contributed by atoms with Crippen molar-refractivity contribution in [2.75, 3.05) is 27.2 Å². The molecule has 0 aliphatic heterocycles. The maximum atomic E-state index is 12.5. The molecule has 0 unspecified atom stereocenters. The van der Waals surface area contributed by atoms with Gasteiger partial charge in [0.1, 0.15) is 0 Å². The molecule has 3 rings (SSSR count). The van der Waals surface area contributed by atoms with E-state index in [-0.39, 0.29) is 5.91 Å². The van der Waals surface area contributed by atoms with E-state index in [4.69, 9.17) is 0 Å². The zero-order valence-corrected chi connectivity index (χ0v) is 21.1. The highest BCUT2D eigenvalue weighted by atomic mass is 16.1. The third-order valence-electron chi connectivity index (χ3n) is 5.99. The molecule has 0 fully saturated rings. The van der Waals surface area contributed by atoms with Crippen molar-refractivity contribution in [3.63, 3.8) is 0 Å². The summed E-state index contributed by atoms with van der Waals surface area (Å²) in [5.41, 5.74) is 8.15. The summed E-state index contributed by atoms with van der Waals surface area (Å²) < 4.78 is 2.38. The smallest absolute Gasteiger partial charge is 0.251 e. The van der Waals surface area contributed by atoms with Crippen molar-refractivity contribution in [1.82, 2.24) is 14.8 Å². The molecule has 1 heterocycles. The largest absolute Gasteiger partial charge is 0.352 e. The van der Waals surface area contributed by atoms with Gasteiger partial charge in [-0.05, 0) is 99.8 Å². The van der Waals surface area contributed by atoms with Crippen molar-refractivity contribution in [2.45, 2.75) is 47.0 Å². The zero-order chi connectivity index (χ0) is 24.0. The fourth-order valence-electron chi connectivity index (χ4n) is 4.25. The number of carbonyl (C=O) groups is 1. The fourth-order valence-corrected chi connectivity index (χ4v) is 4.25. The van der Waals surface area contributed by atoms with E-state index in [9.17, 15) is 4.79 Å². The summed E-state index contributed by atoms with van der Waals surface area (Å²) in [6.45, 7) is 10.6. The third-order valence-corrected chi connectivity index (χ3v) is 5.99. The number of hydrogen-bond acceptors (Lipinski definition) is 2. The molecule has 0 aliphatic rings. The van der Waals surface area contributed by atoms with E-state index in [0.29, 0.717) is 18.0 Å². The molecule has 1 N–H and O–H groups in total. The SMILES string of the molecule is CCc1ccc(-c2ccc(C(=O)NCCCN(C)C)cc2)n1-c1cc(CC(C)C)ccc1C. The maximum Gasteiger partial charge on any atom is 0.251 e. The molecule has 0 atom stereocenters. The average molecular weight is 446 g/mol. The van der Waals surface area contributed by atoms with Crippen LogP contribution in [0.25, 0.3) is 16.9 Å². The minimum absolute atomic E-state index is 0.0119. The van der Waals surface area contributed by atoms with Gasteiger partial charge in [0.15, 0.2) is 0 Å². The lowest BCUT2D eigenvalue weighted by atomic mass is 10.0.